The van der Waals surface area contributed by atoms with Gasteiger partial charge in [-0.15, -0.1) is 0 Å². The van der Waals surface area contributed by atoms with Crippen LogP contribution in [0.3, 0.4) is 0 Å². The van der Waals surface area contributed by atoms with Gasteiger partial charge in [0.1, 0.15) is 11.3 Å². The summed E-state index contributed by atoms with van der Waals surface area (Å²) in [5, 5.41) is 2.34. The number of hydrogen-bond donors (Lipinski definition) is 3. The number of nitrogens with zero attached hydrogens (tertiary/aromatic N) is 1. The van der Waals surface area contributed by atoms with Crippen LogP contribution in [0.4, 0.5) is 26.3 Å². The smallest absolute Gasteiger partial charge is 0.347 e. The number of imidazole rings is 1. The molecule has 1 aromatic heterocycles. The SMILES string of the molecule is CC.CC(C)(N)C(=O)NCc1nc2c(C(F)(F)F)cc(C(F)(F)F)cc2[nH]1. The van der Waals surface area contributed by atoms with Crippen molar-refractivity contribution in [1.29, 1.82) is 0 Å². The van der Waals surface area contributed by atoms with Crippen LogP contribution in [0.5, 0.6) is 0 Å². The highest BCUT2D eigenvalue weighted by Crippen LogP contribution is 2.39. The molecular formula is C16H20F6N4O. The minimum atomic E-state index is -5.02. The monoisotopic (exact) mass is 398 g/mol. The van der Waals surface area contributed by atoms with E-state index in [0.29, 0.717) is 6.07 Å². The number of aromatic amines is 1. The molecule has 0 bridgehead atoms. The van der Waals surface area contributed by atoms with E-state index in [1.807, 2.05) is 13.8 Å². The maximum Gasteiger partial charge on any atom is 0.418 e. The molecule has 0 aliphatic carbocycles. The summed E-state index contributed by atoms with van der Waals surface area (Å²) in [7, 11) is 0. The Morgan fingerprint density at radius 2 is 1.67 bits per heavy atom. The molecular weight excluding hydrogens is 378 g/mol. The van der Waals surface area contributed by atoms with Crippen LogP contribution in [0, 0.1) is 0 Å². The van der Waals surface area contributed by atoms with E-state index in [1.54, 1.807) is 0 Å². The molecule has 152 valence electrons. The first-order valence-corrected chi connectivity index (χ1v) is 7.94. The van der Waals surface area contributed by atoms with Crippen molar-refractivity contribution in [3.05, 3.63) is 29.1 Å². The van der Waals surface area contributed by atoms with Crippen LogP contribution in [-0.2, 0) is 23.7 Å². The summed E-state index contributed by atoms with van der Waals surface area (Å²) in [6, 6.07) is 0.546. The molecule has 0 atom stereocenters. The van der Waals surface area contributed by atoms with Crippen molar-refractivity contribution in [2.75, 3.05) is 0 Å². The second kappa shape index (κ2) is 7.75. The molecule has 1 heterocycles. The zero-order chi connectivity index (χ0) is 21.2. The number of fused-ring (bicyclic) bond motifs is 1. The highest BCUT2D eigenvalue weighted by molar-refractivity contribution is 5.85. The van der Waals surface area contributed by atoms with Crippen LogP contribution in [-0.4, -0.2) is 21.4 Å². The molecule has 2 aromatic rings. The molecule has 5 nitrogen and oxygen atoms in total. The van der Waals surface area contributed by atoms with Crippen LogP contribution in [0.1, 0.15) is 44.6 Å². The lowest BCUT2D eigenvalue weighted by Gasteiger charge is -2.16. The van der Waals surface area contributed by atoms with Gasteiger partial charge >= 0.3 is 12.4 Å². The third-order valence-corrected chi connectivity index (χ3v) is 3.27. The molecule has 27 heavy (non-hydrogen) atoms. The topological polar surface area (TPSA) is 83.8 Å². The molecule has 2 rings (SSSR count). The molecule has 4 N–H and O–H groups in total. The van der Waals surface area contributed by atoms with Crippen molar-refractivity contribution < 1.29 is 31.1 Å². The number of H-pyrrole nitrogens is 1. The van der Waals surface area contributed by atoms with Gasteiger partial charge in [-0.05, 0) is 26.0 Å². The van der Waals surface area contributed by atoms with Crippen molar-refractivity contribution in [3.8, 4) is 0 Å². The second-order valence-corrected chi connectivity index (χ2v) is 6.00. The van der Waals surface area contributed by atoms with Gasteiger partial charge in [-0.25, -0.2) is 4.98 Å². The van der Waals surface area contributed by atoms with Gasteiger partial charge in [0, 0.05) is 0 Å². The summed E-state index contributed by atoms with van der Waals surface area (Å²) in [6.07, 6.45) is -9.97. The minimum Gasteiger partial charge on any atom is -0.347 e. The number of halogens is 6. The largest absolute Gasteiger partial charge is 0.418 e. The predicted molar refractivity (Wildman–Crippen MR) is 87.6 cm³/mol. The Morgan fingerprint density at radius 1 is 1.11 bits per heavy atom. The minimum absolute atomic E-state index is 0.00846. The van der Waals surface area contributed by atoms with Gasteiger partial charge < -0.3 is 16.0 Å². The average molecular weight is 398 g/mol. The van der Waals surface area contributed by atoms with E-state index in [0.717, 1.165) is 0 Å². The van der Waals surface area contributed by atoms with Gasteiger partial charge in [-0.2, -0.15) is 26.3 Å². The van der Waals surface area contributed by atoms with Crippen molar-refractivity contribution in [3.63, 3.8) is 0 Å². The van der Waals surface area contributed by atoms with Gasteiger partial charge in [-0.3, -0.25) is 4.79 Å². The van der Waals surface area contributed by atoms with E-state index in [-0.39, 0.29) is 18.4 Å². The molecule has 0 radical (unpaired) electrons. The van der Waals surface area contributed by atoms with Gasteiger partial charge in [0.25, 0.3) is 0 Å². The van der Waals surface area contributed by atoms with Crippen LogP contribution >= 0.6 is 0 Å². The van der Waals surface area contributed by atoms with Crippen molar-refractivity contribution in [2.24, 2.45) is 5.73 Å². The van der Waals surface area contributed by atoms with Crippen molar-refractivity contribution >= 4 is 16.9 Å². The Morgan fingerprint density at radius 3 is 2.11 bits per heavy atom. The Kier molecular flexibility index (Phi) is 6.53. The number of amides is 1. The van der Waals surface area contributed by atoms with E-state index in [9.17, 15) is 31.1 Å². The Hall–Kier alpha value is -2.30. The highest BCUT2D eigenvalue weighted by Gasteiger charge is 2.39. The molecule has 0 unspecified atom stereocenters. The number of carbonyl (C=O) groups excluding carboxylic acids is 1. The van der Waals surface area contributed by atoms with Crippen LogP contribution < -0.4 is 11.1 Å². The molecule has 1 amide bonds. The standard InChI is InChI=1S/C14H14F6N4O.C2H6/c1-12(2,21)11(25)22-5-9-23-8-4-6(13(15,16)17)3-7(10(8)24-9)14(18,19)20;1-2/h3-4H,5,21H2,1-2H3,(H,22,25)(H,23,24);1-2H3. The number of benzene rings is 1. The predicted octanol–water partition coefficient (Wildman–Crippen LogP) is 3.98. The highest BCUT2D eigenvalue weighted by atomic mass is 19.4. The summed E-state index contributed by atoms with van der Waals surface area (Å²) in [5.74, 6) is -0.725. The summed E-state index contributed by atoms with van der Waals surface area (Å²) in [6.45, 7) is 6.52. The lowest BCUT2D eigenvalue weighted by Crippen LogP contribution is -2.48. The fraction of sp³-hybridized carbons (Fsp3) is 0.500. The maximum absolute atomic E-state index is 13.1. The quantitative estimate of drug-likeness (QED) is 0.684. The zero-order valence-electron chi connectivity index (χ0n) is 15.1. The van der Waals surface area contributed by atoms with Crippen LogP contribution in [0.15, 0.2) is 12.1 Å². The summed E-state index contributed by atoms with van der Waals surface area (Å²) < 4.78 is 77.6. The molecule has 0 spiro atoms. The Labute approximate surface area is 151 Å². The fourth-order valence-electron chi connectivity index (χ4n) is 2.02. The van der Waals surface area contributed by atoms with E-state index in [1.165, 1.54) is 13.8 Å². The number of nitrogens with two attached hydrogens (primary N) is 1. The van der Waals surface area contributed by atoms with E-state index >= 15 is 0 Å². The third kappa shape index (κ3) is 5.59. The number of carbonyl (C=O) groups is 1. The number of alkyl halides is 6. The lowest BCUT2D eigenvalue weighted by molar-refractivity contribution is -0.142. The van der Waals surface area contributed by atoms with Crippen LogP contribution in [0.2, 0.25) is 0 Å². The van der Waals surface area contributed by atoms with Gasteiger partial charge in [-0.1, -0.05) is 13.8 Å². The van der Waals surface area contributed by atoms with Gasteiger partial charge in [0.15, 0.2) is 0 Å². The number of hydrogen-bond acceptors (Lipinski definition) is 3. The Bertz CT molecular complexity index is 802. The molecule has 0 saturated carbocycles. The lowest BCUT2D eigenvalue weighted by atomic mass is 10.1. The molecule has 0 aliphatic rings. The molecule has 11 heteroatoms. The molecule has 0 aliphatic heterocycles. The fourth-order valence-corrected chi connectivity index (χ4v) is 2.02. The van der Waals surface area contributed by atoms with E-state index in [4.69, 9.17) is 5.73 Å². The first kappa shape index (κ1) is 22.7. The second-order valence-electron chi connectivity index (χ2n) is 6.00. The molecule has 1 aromatic carbocycles. The van der Waals surface area contributed by atoms with E-state index in [2.05, 4.69) is 15.3 Å². The summed E-state index contributed by atoms with van der Waals surface area (Å²) in [4.78, 5) is 17.7. The summed E-state index contributed by atoms with van der Waals surface area (Å²) >= 11 is 0. The number of aromatic nitrogens is 2. The Balaban J connectivity index is 0.00000176. The van der Waals surface area contributed by atoms with E-state index < -0.39 is 46.0 Å². The first-order valence-electron chi connectivity index (χ1n) is 7.94. The maximum atomic E-state index is 13.1. The third-order valence-electron chi connectivity index (χ3n) is 3.27. The molecule has 0 saturated heterocycles. The van der Waals surface area contributed by atoms with Gasteiger partial charge in [0.05, 0.1) is 28.7 Å². The van der Waals surface area contributed by atoms with Gasteiger partial charge in [0.2, 0.25) is 5.91 Å². The average Bonchev–Trinajstić information content (AvgIpc) is 2.93. The summed E-state index contributed by atoms with van der Waals surface area (Å²) in [5.41, 5.74) is 0.275. The number of rotatable bonds is 3. The number of nitrogens with one attached hydrogen (secondary N) is 2. The van der Waals surface area contributed by atoms with Crippen molar-refractivity contribution in [1.82, 2.24) is 15.3 Å². The first-order chi connectivity index (χ1) is 12.2. The molecule has 0 fully saturated rings. The normalized spacial score (nSPS) is 12.6. The zero-order valence-corrected chi connectivity index (χ0v) is 15.1. The van der Waals surface area contributed by atoms with Crippen LogP contribution in [0.25, 0.3) is 11.0 Å². The van der Waals surface area contributed by atoms with Crippen molar-refractivity contribution in [2.45, 2.75) is 52.1 Å².